The standard InChI is InChI=1S/C16H15BrN2/c1-3-11-4-6-12(7-5-11)16-18-14-9-8-13(17)10-15(14)19(16)2/h4-10H,3H2,1-2H3. The van der Waals surface area contributed by atoms with Crippen LogP contribution >= 0.6 is 15.9 Å². The van der Waals surface area contributed by atoms with Crippen molar-refractivity contribution in [2.75, 3.05) is 0 Å². The van der Waals surface area contributed by atoms with Gasteiger partial charge in [-0.05, 0) is 30.2 Å². The third kappa shape index (κ3) is 2.19. The molecule has 3 heteroatoms. The van der Waals surface area contributed by atoms with Gasteiger partial charge in [0.2, 0.25) is 0 Å². The summed E-state index contributed by atoms with van der Waals surface area (Å²) in [4.78, 5) is 4.72. The number of rotatable bonds is 2. The highest BCUT2D eigenvalue weighted by Crippen LogP contribution is 2.26. The quantitative estimate of drug-likeness (QED) is 0.677. The van der Waals surface area contributed by atoms with Crippen LogP contribution in [0.15, 0.2) is 46.9 Å². The largest absolute Gasteiger partial charge is 0.327 e. The summed E-state index contributed by atoms with van der Waals surface area (Å²) in [5.41, 5.74) is 4.68. The van der Waals surface area contributed by atoms with Gasteiger partial charge in [-0.1, -0.05) is 47.1 Å². The van der Waals surface area contributed by atoms with Crippen LogP contribution in [0.25, 0.3) is 22.4 Å². The summed E-state index contributed by atoms with van der Waals surface area (Å²) in [5, 5.41) is 0. The zero-order valence-corrected chi connectivity index (χ0v) is 12.6. The number of hydrogen-bond acceptors (Lipinski definition) is 1. The van der Waals surface area contributed by atoms with Crippen molar-refractivity contribution in [1.29, 1.82) is 0 Å². The lowest BCUT2D eigenvalue weighted by Gasteiger charge is -2.03. The van der Waals surface area contributed by atoms with Crippen LogP contribution in [-0.2, 0) is 13.5 Å². The van der Waals surface area contributed by atoms with E-state index in [4.69, 9.17) is 4.98 Å². The summed E-state index contributed by atoms with van der Waals surface area (Å²) >= 11 is 3.51. The van der Waals surface area contributed by atoms with E-state index in [-0.39, 0.29) is 0 Å². The average Bonchev–Trinajstić information content (AvgIpc) is 2.76. The normalized spacial score (nSPS) is 11.1. The molecule has 0 aliphatic rings. The van der Waals surface area contributed by atoms with E-state index in [0.717, 1.165) is 33.3 Å². The summed E-state index contributed by atoms with van der Waals surface area (Å²) < 4.78 is 3.22. The van der Waals surface area contributed by atoms with E-state index in [1.54, 1.807) is 0 Å². The lowest BCUT2D eigenvalue weighted by molar-refractivity contribution is 0.958. The molecule has 0 radical (unpaired) electrons. The van der Waals surface area contributed by atoms with Crippen molar-refractivity contribution in [1.82, 2.24) is 9.55 Å². The van der Waals surface area contributed by atoms with Crippen molar-refractivity contribution in [3.05, 3.63) is 52.5 Å². The molecule has 0 amide bonds. The topological polar surface area (TPSA) is 17.8 Å². The smallest absolute Gasteiger partial charge is 0.140 e. The lowest BCUT2D eigenvalue weighted by Crippen LogP contribution is -1.92. The first-order valence-corrected chi connectivity index (χ1v) is 7.19. The Morgan fingerprint density at radius 3 is 2.53 bits per heavy atom. The van der Waals surface area contributed by atoms with E-state index in [0.29, 0.717) is 0 Å². The second kappa shape index (κ2) is 4.82. The molecule has 1 heterocycles. The molecule has 0 atom stereocenters. The van der Waals surface area contributed by atoms with Gasteiger partial charge in [-0.15, -0.1) is 0 Å². The molecule has 3 rings (SSSR count). The maximum absolute atomic E-state index is 4.72. The van der Waals surface area contributed by atoms with E-state index < -0.39 is 0 Å². The number of aromatic nitrogens is 2. The number of fused-ring (bicyclic) bond motifs is 1. The zero-order valence-electron chi connectivity index (χ0n) is 11.0. The van der Waals surface area contributed by atoms with Crippen LogP contribution in [0.4, 0.5) is 0 Å². The molecule has 2 aromatic carbocycles. The fourth-order valence-corrected chi connectivity index (χ4v) is 2.66. The SMILES string of the molecule is CCc1ccc(-c2nc3ccc(Br)cc3n2C)cc1. The Labute approximate surface area is 121 Å². The number of halogens is 1. The fourth-order valence-electron chi connectivity index (χ4n) is 2.31. The van der Waals surface area contributed by atoms with Gasteiger partial charge in [0.1, 0.15) is 5.82 Å². The molecule has 0 fully saturated rings. The van der Waals surface area contributed by atoms with Gasteiger partial charge in [0.25, 0.3) is 0 Å². The summed E-state index contributed by atoms with van der Waals surface area (Å²) in [6, 6.07) is 14.8. The zero-order chi connectivity index (χ0) is 13.4. The molecule has 0 bridgehead atoms. The molecule has 0 aliphatic carbocycles. The third-order valence-corrected chi connectivity index (χ3v) is 3.96. The molecular formula is C16H15BrN2. The summed E-state index contributed by atoms with van der Waals surface area (Å²) in [6.07, 6.45) is 1.07. The van der Waals surface area contributed by atoms with E-state index in [2.05, 4.69) is 64.8 Å². The molecule has 3 aromatic rings. The van der Waals surface area contributed by atoms with Gasteiger partial charge in [-0.2, -0.15) is 0 Å². The summed E-state index contributed by atoms with van der Waals surface area (Å²) in [7, 11) is 2.06. The van der Waals surface area contributed by atoms with E-state index in [1.165, 1.54) is 5.56 Å². The molecule has 0 N–H and O–H groups in total. The van der Waals surface area contributed by atoms with E-state index in [1.807, 2.05) is 12.1 Å². The predicted molar refractivity (Wildman–Crippen MR) is 83.2 cm³/mol. The van der Waals surface area contributed by atoms with Crippen molar-refractivity contribution in [3.63, 3.8) is 0 Å². The predicted octanol–water partition coefficient (Wildman–Crippen LogP) is 4.57. The highest BCUT2D eigenvalue weighted by Gasteiger charge is 2.09. The van der Waals surface area contributed by atoms with Crippen molar-refractivity contribution >= 4 is 27.0 Å². The van der Waals surface area contributed by atoms with Gasteiger partial charge in [0, 0.05) is 17.1 Å². The summed E-state index contributed by atoms with van der Waals surface area (Å²) in [6.45, 7) is 2.17. The van der Waals surface area contributed by atoms with Crippen molar-refractivity contribution in [2.24, 2.45) is 7.05 Å². The van der Waals surface area contributed by atoms with Crippen LogP contribution in [0.2, 0.25) is 0 Å². The molecular weight excluding hydrogens is 300 g/mol. The fraction of sp³-hybridized carbons (Fsp3) is 0.188. The molecule has 0 spiro atoms. The van der Waals surface area contributed by atoms with Crippen molar-refractivity contribution < 1.29 is 0 Å². The molecule has 19 heavy (non-hydrogen) atoms. The van der Waals surface area contributed by atoms with Crippen LogP contribution in [0, 0.1) is 0 Å². The third-order valence-electron chi connectivity index (χ3n) is 3.46. The molecule has 96 valence electrons. The Bertz CT molecular complexity index is 726. The maximum Gasteiger partial charge on any atom is 0.140 e. The minimum absolute atomic E-state index is 1.01. The highest BCUT2D eigenvalue weighted by atomic mass is 79.9. The number of aryl methyl sites for hydroxylation is 2. The Morgan fingerprint density at radius 2 is 1.84 bits per heavy atom. The Morgan fingerprint density at radius 1 is 1.11 bits per heavy atom. The molecule has 0 saturated heterocycles. The summed E-state index contributed by atoms with van der Waals surface area (Å²) in [5.74, 6) is 1.01. The van der Waals surface area contributed by atoms with E-state index >= 15 is 0 Å². The maximum atomic E-state index is 4.72. The van der Waals surface area contributed by atoms with Gasteiger partial charge in [-0.3, -0.25) is 0 Å². The van der Waals surface area contributed by atoms with Gasteiger partial charge >= 0.3 is 0 Å². The highest BCUT2D eigenvalue weighted by molar-refractivity contribution is 9.10. The Balaban J connectivity index is 2.16. The minimum Gasteiger partial charge on any atom is -0.327 e. The molecule has 1 aromatic heterocycles. The molecule has 0 saturated carbocycles. The Hall–Kier alpha value is -1.61. The monoisotopic (exact) mass is 314 g/mol. The molecule has 0 unspecified atom stereocenters. The van der Waals surface area contributed by atoms with Gasteiger partial charge in [0.15, 0.2) is 0 Å². The van der Waals surface area contributed by atoms with Crippen molar-refractivity contribution in [2.45, 2.75) is 13.3 Å². The molecule has 2 nitrogen and oxygen atoms in total. The van der Waals surface area contributed by atoms with Gasteiger partial charge < -0.3 is 4.57 Å². The van der Waals surface area contributed by atoms with Crippen LogP contribution in [-0.4, -0.2) is 9.55 Å². The molecule has 0 aliphatic heterocycles. The minimum atomic E-state index is 1.01. The van der Waals surface area contributed by atoms with Gasteiger partial charge in [0.05, 0.1) is 11.0 Å². The van der Waals surface area contributed by atoms with Crippen LogP contribution in [0.5, 0.6) is 0 Å². The first-order valence-electron chi connectivity index (χ1n) is 6.40. The number of hydrogen-bond donors (Lipinski definition) is 0. The second-order valence-corrected chi connectivity index (χ2v) is 5.59. The lowest BCUT2D eigenvalue weighted by atomic mass is 10.1. The Kier molecular flexibility index (Phi) is 3.15. The average molecular weight is 315 g/mol. The van der Waals surface area contributed by atoms with Crippen molar-refractivity contribution in [3.8, 4) is 11.4 Å². The number of imidazole rings is 1. The van der Waals surface area contributed by atoms with Gasteiger partial charge in [-0.25, -0.2) is 4.98 Å². The number of benzene rings is 2. The van der Waals surface area contributed by atoms with Crippen LogP contribution in [0.3, 0.4) is 0 Å². The van der Waals surface area contributed by atoms with Crippen LogP contribution < -0.4 is 0 Å². The van der Waals surface area contributed by atoms with E-state index in [9.17, 15) is 0 Å². The first-order chi connectivity index (χ1) is 9.19. The second-order valence-electron chi connectivity index (χ2n) is 4.68. The first kappa shape index (κ1) is 12.4. The van der Waals surface area contributed by atoms with Crippen LogP contribution in [0.1, 0.15) is 12.5 Å². The number of nitrogens with zero attached hydrogens (tertiary/aromatic N) is 2.